The summed E-state index contributed by atoms with van der Waals surface area (Å²) >= 11 is 6.63. The van der Waals surface area contributed by atoms with E-state index in [4.69, 9.17) is 31.2 Å². The van der Waals surface area contributed by atoms with Crippen LogP contribution in [-0.2, 0) is 20.8 Å². The van der Waals surface area contributed by atoms with Crippen LogP contribution in [0.1, 0.15) is 37.7 Å². The van der Waals surface area contributed by atoms with Crippen molar-refractivity contribution in [3.05, 3.63) is 65.2 Å². The molecular weight excluding hydrogens is 625 g/mol. The maximum Gasteiger partial charge on any atom is 0.522 e. The van der Waals surface area contributed by atoms with Gasteiger partial charge in [0.05, 0.1) is 35.6 Å². The van der Waals surface area contributed by atoms with Gasteiger partial charge in [-0.25, -0.2) is 4.98 Å². The summed E-state index contributed by atoms with van der Waals surface area (Å²) in [5, 5.41) is 9.52. The van der Waals surface area contributed by atoms with Crippen LogP contribution in [0.4, 0.5) is 13.2 Å². The van der Waals surface area contributed by atoms with Crippen LogP contribution in [0, 0.1) is 5.92 Å². The van der Waals surface area contributed by atoms with Gasteiger partial charge >= 0.3 is 12.3 Å². The number of hydrogen-bond acceptors (Lipinski definition) is 7. The van der Waals surface area contributed by atoms with Crippen LogP contribution in [0.3, 0.4) is 0 Å². The van der Waals surface area contributed by atoms with Gasteiger partial charge in [-0.3, -0.25) is 14.4 Å². The second kappa shape index (κ2) is 14.0. The van der Waals surface area contributed by atoms with E-state index in [1.165, 1.54) is 0 Å². The number of H-pyrrole nitrogens is 1. The predicted octanol–water partition coefficient (Wildman–Crippen LogP) is 7.09. The average Bonchev–Trinajstić information content (AvgIpc) is 3.39. The Morgan fingerprint density at radius 2 is 1.59 bits per heavy atom. The number of rotatable bonds is 12. The highest BCUT2D eigenvalue weighted by Gasteiger charge is 2.30. The number of halogens is 4. The second-order valence-corrected chi connectivity index (χ2v) is 12.3. The largest absolute Gasteiger partial charge is 0.522 e. The van der Waals surface area contributed by atoms with Crippen molar-refractivity contribution in [1.29, 1.82) is 0 Å². The number of carbonyl (C=O) groups is 1. The Bertz CT molecular complexity index is 1630. The normalized spacial score (nSPS) is 19.3. The average molecular weight is 659 g/mol. The number of benzene rings is 2. The molecule has 46 heavy (non-hydrogen) atoms. The highest BCUT2D eigenvalue weighted by Crippen LogP contribution is 2.33. The topological polar surface area (TPSA) is 110 Å². The minimum absolute atomic E-state index is 0.0204. The number of aliphatic carboxylic acids is 1. The van der Waals surface area contributed by atoms with Crippen LogP contribution in [0.2, 0.25) is 5.02 Å². The molecule has 1 aliphatic heterocycles. The summed E-state index contributed by atoms with van der Waals surface area (Å²) in [6, 6.07) is 18.4. The van der Waals surface area contributed by atoms with Gasteiger partial charge in [-0.05, 0) is 54.4 Å². The molecule has 4 aromatic rings. The number of alkyl halides is 3. The first kappa shape index (κ1) is 32.2. The zero-order chi connectivity index (χ0) is 32.3. The fourth-order valence-corrected chi connectivity index (χ4v) is 6.28. The van der Waals surface area contributed by atoms with E-state index < -0.39 is 18.9 Å². The second-order valence-electron chi connectivity index (χ2n) is 11.8. The van der Waals surface area contributed by atoms with Gasteiger partial charge in [0.25, 0.3) is 6.01 Å². The number of imidazole rings is 1. The Kier molecular flexibility index (Phi) is 9.78. The van der Waals surface area contributed by atoms with Crippen LogP contribution in [-0.4, -0.2) is 75.8 Å². The molecule has 1 saturated heterocycles. The molecule has 1 saturated carbocycles. The number of carboxylic acids is 1. The minimum atomic E-state index is -4.63. The summed E-state index contributed by atoms with van der Waals surface area (Å²) < 4.78 is 51.4. The molecule has 0 radical (unpaired) electrons. The number of likely N-dealkylation sites (tertiary alicyclic amines) is 1. The number of carboxylic acid groups (broad SMARTS) is 1. The highest BCUT2D eigenvalue weighted by molar-refractivity contribution is 6.33. The fourth-order valence-electron chi connectivity index (χ4n) is 6.02. The number of nitrogens with zero attached hydrogens (tertiary/aromatic N) is 3. The van der Waals surface area contributed by atoms with Crippen LogP contribution in [0.5, 0.6) is 6.01 Å². The summed E-state index contributed by atoms with van der Waals surface area (Å²) in [5.74, 6) is -0.559. The standard InChI is InChI=1S/C33H34ClF3N4O5/c34-27-16-28-31(40-32(38-28)46-25-11-3-20(4-12-25)15-29(42)43)39-30(27)24-9-7-23(8-10-24)22-5-1-21(2-6-22)17-41-18-26(19-41)44-13-14-45-33(35,36)37/h1-2,5-10,16,20,25-26H,3-4,11-15,17-19H2,(H,42,43)(H,38,39,40). The predicted molar refractivity (Wildman–Crippen MR) is 165 cm³/mol. The number of fused-ring (bicyclic) bond motifs is 1. The Morgan fingerprint density at radius 3 is 2.24 bits per heavy atom. The maximum absolute atomic E-state index is 12.0. The van der Waals surface area contributed by atoms with Crippen molar-refractivity contribution in [2.75, 3.05) is 26.3 Å². The van der Waals surface area contributed by atoms with Crippen molar-refractivity contribution in [2.45, 2.75) is 57.2 Å². The summed E-state index contributed by atoms with van der Waals surface area (Å²) in [7, 11) is 0. The molecule has 0 unspecified atom stereocenters. The summed E-state index contributed by atoms with van der Waals surface area (Å²) in [6.45, 7) is 1.49. The third-order valence-electron chi connectivity index (χ3n) is 8.42. The third kappa shape index (κ3) is 8.35. The van der Waals surface area contributed by atoms with Gasteiger partial charge in [0.15, 0.2) is 5.65 Å². The highest BCUT2D eigenvalue weighted by atomic mass is 35.5. The molecule has 0 spiro atoms. The van der Waals surface area contributed by atoms with Gasteiger partial charge in [0.1, 0.15) is 6.10 Å². The SMILES string of the molecule is O=C(O)CC1CCC(Oc2nc3nc(-c4ccc(-c5ccc(CN6CC(OCCOC(F)(F)F)C6)cc5)cc4)c(Cl)cc3[nH]2)CC1. The van der Waals surface area contributed by atoms with Gasteiger partial charge in [-0.1, -0.05) is 60.1 Å². The number of pyridine rings is 1. The van der Waals surface area contributed by atoms with E-state index in [1.54, 1.807) is 6.07 Å². The summed E-state index contributed by atoms with van der Waals surface area (Å²) in [6.07, 6.45) is -1.32. The molecule has 1 aliphatic carbocycles. The lowest BCUT2D eigenvalue weighted by Gasteiger charge is -2.39. The molecule has 2 aromatic carbocycles. The first-order valence-corrected chi connectivity index (χ1v) is 15.6. The first-order valence-electron chi connectivity index (χ1n) is 15.3. The maximum atomic E-state index is 12.0. The fraction of sp³-hybridized carbons (Fsp3) is 0.424. The van der Waals surface area contributed by atoms with Crippen molar-refractivity contribution in [3.8, 4) is 28.4 Å². The monoisotopic (exact) mass is 658 g/mol. The van der Waals surface area contributed by atoms with Gasteiger partial charge in [0.2, 0.25) is 0 Å². The quantitative estimate of drug-likeness (QED) is 0.155. The van der Waals surface area contributed by atoms with E-state index in [-0.39, 0.29) is 31.2 Å². The lowest BCUT2D eigenvalue weighted by atomic mass is 9.85. The van der Waals surface area contributed by atoms with Gasteiger partial charge in [-0.2, -0.15) is 4.98 Å². The Balaban J connectivity index is 1.01. The molecule has 2 fully saturated rings. The number of aromatic amines is 1. The van der Waals surface area contributed by atoms with Gasteiger partial charge in [0, 0.05) is 31.6 Å². The van der Waals surface area contributed by atoms with E-state index in [1.807, 2.05) is 24.3 Å². The van der Waals surface area contributed by atoms with Crippen molar-refractivity contribution < 1.29 is 37.3 Å². The van der Waals surface area contributed by atoms with E-state index in [9.17, 15) is 18.0 Å². The minimum Gasteiger partial charge on any atom is -0.481 e. The van der Waals surface area contributed by atoms with E-state index in [0.29, 0.717) is 41.0 Å². The molecule has 6 rings (SSSR count). The summed E-state index contributed by atoms with van der Waals surface area (Å²) in [5.41, 5.74) is 5.89. The Labute approximate surface area is 268 Å². The first-order chi connectivity index (χ1) is 22.1. The number of hydrogen-bond donors (Lipinski definition) is 2. The van der Waals surface area contributed by atoms with E-state index in [2.05, 4.69) is 43.9 Å². The van der Waals surface area contributed by atoms with Crippen LogP contribution >= 0.6 is 11.6 Å². The van der Waals surface area contributed by atoms with Crippen LogP contribution < -0.4 is 4.74 Å². The lowest BCUT2D eigenvalue weighted by Crippen LogP contribution is -2.51. The Morgan fingerprint density at radius 1 is 0.935 bits per heavy atom. The van der Waals surface area contributed by atoms with Crippen LogP contribution in [0.25, 0.3) is 33.5 Å². The molecular formula is C33H34ClF3N4O5. The summed E-state index contributed by atoms with van der Waals surface area (Å²) in [4.78, 5) is 25.6. The van der Waals surface area contributed by atoms with Crippen LogP contribution in [0.15, 0.2) is 54.6 Å². The molecule has 0 amide bonds. The van der Waals surface area contributed by atoms with E-state index in [0.717, 1.165) is 54.5 Å². The zero-order valence-corrected chi connectivity index (χ0v) is 25.7. The van der Waals surface area contributed by atoms with Gasteiger partial charge < -0.3 is 19.6 Å². The lowest BCUT2D eigenvalue weighted by molar-refractivity contribution is -0.328. The van der Waals surface area contributed by atoms with Gasteiger partial charge in [-0.15, -0.1) is 13.2 Å². The van der Waals surface area contributed by atoms with Crippen molar-refractivity contribution in [1.82, 2.24) is 19.9 Å². The molecule has 13 heteroatoms. The van der Waals surface area contributed by atoms with Crippen molar-refractivity contribution in [2.24, 2.45) is 5.92 Å². The van der Waals surface area contributed by atoms with E-state index >= 15 is 0 Å². The number of ether oxygens (including phenoxy) is 3. The Hall–Kier alpha value is -3.71. The molecule has 2 aromatic heterocycles. The third-order valence-corrected chi connectivity index (χ3v) is 8.71. The molecule has 3 heterocycles. The molecule has 0 atom stereocenters. The zero-order valence-electron chi connectivity index (χ0n) is 24.9. The number of aromatic nitrogens is 3. The van der Waals surface area contributed by atoms with Crippen molar-refractivity contribution >= 4 is 28.7 Å². The molecule has 0 bridgehead atoms. The van der Waals surface area contributed by atoms with Crippen molar-refractivity contribution in [3.63, 3.8) is 0 Å². The molecule has 244 valence electrons. The molecule has 9 nitrogen and oxygen atoms in total. The smallest absolute Gasteiger partial charge is 0.481 e. The molecule has 2 aliphatic rings. The number of nitrogens with one attached hydrogen (secondary N) is 1. The molecule has 2 N–H and O–H groups in total.